The summed E-state index contributed by atoms with van der Waals surface area (Å²) >= 11 is 0. The van der Waals surface area contributed by atoms with Crippen LogP contribution in [-0.2, 0) is 6.18 Å². The molecule has 3 heterocycles. The van der Waals surface area contributed by atoms with Crippen molar-refractivity contribution < 1.29 is 23.1 Å². The predicted molar refractivity (Wildman–Crippen MR) is 103 cm³/mol. The molecule has 1 aliphatic heterocycles. The molecule has 10 heteroatoms. The number of benzene rings is 1. The highest BCUT2D eigenvalue weighted by Gasteiger charge is 2.35. The number of carbonyl (C=O) groups excluding carboxylic acids is 1. The van der Waals surface area contributed by atoms with E-state index in [9.17, 15) is 23.1 Å². The molecule has 0 saturated heterocycles. The molecule has 2 aromatic heterocycles. The van der Waals surface area contributed by atoms with Crippen molar-refractivity contribution in [1.29, 1.82) is 0 Å². The van der Waals surface area contributed by atoms with E-state index in [4.69, 9.17) is 0 Å². The number of nitrogens with zero attached hydrogens (tertiary/aromatic N) is 4. The fourth-order valence-corrected chi connectivity index (χ4v) is 3.38. The SMILES string of the molecule is C[C@H]1CN(c2ccc(C(F)(F)F)cc2)C(=O)c2c(NC(O)c3ccccn3)cnn21. The van der Waals surface area contributed by atoms with Gasteiger partial charge in [0.2, 0.25) is 0 Å². The lowest BCUT2D eigenvalue weighted by Gasteiger charge is -2.32. The summed E-state index contributed by atoms with van der Waals surface area (Å²) in [5.74, 6) is -0.430. The second-order valence-electron chi connectivity index (χ2n) is 6.96. The van der Waals surface area contributed by atoms with Crippen molar-refractivity contribution in [2.45, 2.75) is 25.4 Å². The number of fused-ring (bicyclic) bond motifs is 1. The van der Waals surface area contributed by atoms with E-state index in [1.165, 1.54) is 34.1 Å². The molecule has 0 spiro atoms. The molecule has 156 valence electrons. The first-order valence-electron chi connectivity index (χ1n) is 9.18. The molecule has 0 aliphatic carbocycles. The van der Waals surface area contributed by atoms with E-state index in [1.807, 2.05) is 6.92 Å². The Morgan fingerprint density at radius 1 is 1.20 bits per heavy atom. The van der Waals surface area contributed by atoms with Gasteiger partial charge < -0.3 is 15.3 Å². The van der Waals surface area contributed by atoms with E-state index in [2.05, 4.69) is 15.4 Å². The highest BCUT2D eigenvalue weighted by Crippen LogP contribution is 2.34. The van der Waals surface area contributed by atoms with Gasteiger partial charge in [-0.05, 0) is 43.3 Å². The van der Waals surface area contributed by atoms with Crippen LogP contribution in [0.5, 0.6) is 0 Å². The van der Waals surface area contributed by atoms with Gasteiger partial charge in [0.05, 0.1) is 29.2 Å². The van der Waals surface area contributed by atoms with Gasteiger partial charge in [-0.1, -0.05) is 6.07 Å². The smallest absolute Gasteiger partial charge is 0.368 e. The van der Waals surface area contributed by atoms with Crippen LogP contribution in [0.3, 0.4) is 0 Å². The Balaban J connectivity index is 1.63. The third-order valence-electron chi connectivity index (χ3n) is 4.87. The van der Waals surface area contributed by atoms with Crippen molar-refractivity contribution in [3.8, 4) is 0 Å². The van der Waals surface area contributed by atoms with Gasteiger partial charge in [0, 0.05) is 18.4 Å². The average Bonchev–Trinajstić information content (AvgIpc) is 3.15. The Bertz CT molecular complexity index is 1050. The van der Waals surface area contributed by atoms with Gasteiger partial charge in [-0.3, -0.25) is 14.5 Å². The number of pyridine rings is 1. The number of hydrogen-bond acceptors (Lipinski definition) is 5. The number of anilines is 2. The van der Waals surface area contributed by atoms with E-state index in [0.29, 0.717) is 17.1 Å². The Morgan fingerprint density at radius 3 is 2.57 bits per heavy atom. The number of aromatic nitrogens is 3. The Kier molecular flexibility index (Phi) is 4.94. The summed E-state index contributed by atoms with van der Waals surface area (Å²) in [5, 5.41) is 17.5. The molecular weight excluding hydrogens is 399 g/mol. The summed E-state index contributed by atoms with van der Waals surface area (Å²) in [7, 11) is 0. The molecule has 1 aliphatic rings. The second kappa shape index (κ2) is 7.45. The lowest BCUT2D eigenvalue weighted by atomic mass is 10.1. The van der Waals surface area contributed by atoms with Crippen LogP contribution in [0.15, 0.2) is 54.9 Å². The molecular formula is C20H18F3N5O2. The van der Waals surface area contributed by atoms with Crippen LogP contribution in [0.1, 0.15) is 40.9 Å². The molecule has 0 saturated carbocycles. The molecule has 1 unspecified atom stereocenters. The molecule has 2 atom stereocenters. The van der Waals surface area contributed by atoms with Crippen LogP contribution in [-0.4, -0.2) is 32.3 Å². The molecule has 1 amide bonds. The maximum atomic E-state index is 13.2. The summed E-state index contributed by atoms with van der Waals surface area (Å²) in [4.78, 5) is 18.6. The lowest BCUT2D eigenvalue weighted by Crippen LogP contribution is -2.43. The molecule has 30 heavy (non-hydrogen) atoms. The number of alkyl halides is 3. The number of nitrogens with one attached hydrogen (secondary N) is 1. The number of aliphatic hydroxyl groups is 1. The van der Waals surface area contributed by atoms with Gasteiger partial charge in [0.25, 0.3) is 5.91 Å². The quantitative estimate of drug-likeness (QED) is 0.634. The van der Waals surface area contributed by atoms with Gasteiger partial charge in [0.1, 0.15) is 5.69 Å². The minimum Gasteiger partial charge on any atom is -0.368 e. The Labute approximate surface area is 169 Å². The fourth-order valence-electron chi connectivity index (χ4n) is 3.38. The van der Waals surface area contributed by atoms with Gasteiger partial charge >= 0.3 is 6.18 Å². The van der Waals surface area contributed by atoms with E-state index in [0.717, 1.165) is 12.1 Å². The fraction of sp³-hybridized carbons (Fsp3) is 0.250. The molecule has 0 radical (unpaired) electrons. The summed E-state index contributed by atoms with van der Waals surface area (Å²) in [6.07, 6.45) is -2.64. The third-order valence-corrected chi connectivity index (χ3v) is 4.87. The first-order chi connectivity index (χ1) is 14.3. The number of amides is 1. The summed E-state index contributed by atoms with van der Waals surface area (Å²) < 4.78 is 40.1. The number of halogens is 3. The van der Waals surface area contributed by atoms with Gasteiger partial charge in [0.15, 0.2) is 6.23 Å². The molecule has 0 bridgehead atoms. The van der Waals surface area contributed by atoms with Gasteiger partial charge in [-0.25, -0.2) is 0 Å². The molecule has 7 nitrogen and oxygen atoms in total. The normalized spacial score (nSPS) is 17.6. The Morgan fingerprint density at radius 2 is 1.93 bits per heavy atom. The summed E-state index contributed by atoms with van der Waals surface area (Å²) in [6.45, 7) is 2.10. The zero-order valence-corrected chi connectivity index (χ0v) is 15.8. The molecule has 2 N–H and O–H groups in total. The zero-order chi connectivity index (χ0) is 21.5. The lowest BCUT2D eigenvalue weighted by molar-refractivity contribution is -0.137. The first kappa shape index (κ1) is 19.9. The number of rotatable bonds is 4. The van der Waals surface area contributed by atoms with Gasteiger partial charge in [-0.15, -0.1) is 0 Å². The summed E-state index contributed by atoms with van der Waals surface area (Å²) in [6, 6.07) is 9.29. The Hall–Kier alpha value is -3.40. The van der Waals surface area contributed by atoms with E-state index in [-0.39, 0.29) is 18.3 Å². The summed E-state index contributed by atoms with van der Waals surface area (Å²) in [5.41, 5.74) is 0.455. The maximum absolute atomic E-state index is 13.2. The standard InChI is InChI=1S/C20H18F3N5O2/c1-12-11-27(14-7-5-13(6-8-14)20(21,22)23)19(30)17-16(10-25-28(12)17)26-18(29)15-4-2-3-9-24-15/h2-10,12,18,26,29H,11H2,1H3/t12-,18?/m0/s1. The van der Waals surface area contributed by atoms with Crippen molar-refractivity contribution in [3.05, 3.63) is 71.8 Å². The van der Waals surface area contributed by atoms with Crippen LogP contribution in [0.25, 0.3) is 0 Å². The van der Waals surface area contributed by atoms with E-state index < -0.39 is 23.9 Å². The second-order valence-corrected chi connectivity index (χ2v) is 6.96. The van der Waals surface area contributed by atoms with Crippen LogP contribution in [0.4, 0.5) is 24.5 Å². The number of aliphatic hydroxyl groups excluding tert-OH is 1. The maximum Gasteiger partial charge on any atom is 0.416 e. The largest absolute Gasteiger partial charge is 0.416 e. The molecule has 4 rings (SSSR count). The van der Waals surface area contributed by atoms with Crippen molar-refractivity contribution in [3.63, 3.8) is 0 Å². The van der Waals surface area contributed by atoms with Crippen LogP contribution in [0.2, 0.25) is 0 Å². The highest BCUT2D eigenvalue weighted by atomic mass is 19.4. The van der Waals surface area contributed by atoms with Crippen molar-refractivity contribution in [1.82, 2.24) is 14.8 Å². The molecule has 0 fully saturated rings. The molecule has 1 aromatic carbocycles. The zero-order valence-electron chi connectivity index (χ0n) is 15.8. The van der Waals surface area contributed by atoms with Crippen LogP contribution >= 0.6 is 0 Å². The predicted octanol–water partition coefficient (Wildman–Crippen LogP) is 3.62. The average molecular weight is 417 g/mol. The van der Waals surface area contributed by atoms with Crippen LogP contribution in [0, 0.1) is 0 Å². The topological polar surface area (TPSA) is 83.3 Å². The minimum absolute atomic E-state index is 0.212. The van der Waals surface area contributed by atoms with E-state index >= 15 is 0 Å². The number of carbonyl (C=O) groups is 1. The van der Waals surface area contributed by atoms with Crippen molar-refractivity contribution in [2.24, 2.45) is 0 Å². The van der Waals surface area contributed by atoms with Crippen LogP contribution < -0.4 is 10.2 Å². The molecule has 3 aromatic rings. The van der Waals surface area contributed by atoms with E-state index in [1.54, 1.807) is 18.2 Å². The highest BCUT2D eigenvalue weighted by molar-refractivity contribution is 6.09. The van der Waals surface area contributed by atoms with Crippen molar-refractivity contribution >= 4 is 17.3 Å². The monoisotopic (exact) mass is 417 g/mol. The van der Waals surface area contributed by atoms with Gasteiger partial charge in [-0.2, -0.15) is 18.3 Å². The van der Waals surface area contributed by atoms with Crippen molar-refractivity contribution in [2.75, 3.05) is 16.8 Å². The third kappa shape index (κ3) is 3.61. The minimum atomic E-state index is -4.45. The first-order valence-corrected chi connectivity index (χ1v) is 9.18. The number of hydrogen-bond donors (Lipinski definition) is 2.